The van der Waals surface area contributed by atoms with Crippen molar-refractivity contribution in [2.75, 3.05) is 34.4 Å². The number of ether oxygens (including phenoxy) is 3. The Kier molecular flexibility index (Phi) is 7.87. The first-order valence-corrected chi connectivity index (χ1v) is 11.7. The second-order valence-corrected chi connectivity index (χ2v) is 8.61. The van der Waals surface area contributed by atoms with Crippen molar-refractivity contribution in [1.29, 1.82) is 0 Å². The molecule has 0 spiro atoms. The van der Waals surface area contributed by atoms with Gasteiger partial charge in [-0.25, -0.2) is 0 Å². The molecule has 9 nitrogen and oxygen atoms in total. The number of amides is 1. The predicted octanol–water partition coefficient (Wildman–Crippen LogP) is 3.60. The molecule has 0 saturated carbocycles. The van der Waals surface area contributed by atoms with Crippen molar-refractivity contribution in [1.82, 2.24) is 20.4 Å². The number of methoxy groups -OCH3 is 3. The Morgan fingerprint density at radius 1 is 1.11 bits per heavy atom. The first kappa shape index (κ1) is 24.5. The topological polar surface area (TPSA) is 99.0 Å². The third-order valence-electron chi connectivity index (χ3n) is 6.33. The van der Waals surface area contributed by atoms with Crippen LogP contribution in [0.4, 0.5) is 0 Å². The third-order valence-corrected chi connectivity index (χ3v) is 6.33. The highest BCUT2D eigenvalue weighted by Crippen LogP contribution is 2.39. The monoisotopic (exact) mass is 480 g/mol. The number of aromatic nitrogens is 2. The number of carbonyl (C=O) groups is 1. The molecule has 1 aromatic heterocycles. The van der Waals surface area contributed by atoms with E-state index in [-0.39, 0.29) is 11.8 Å². The molecule has 35 heavy (non-hydrogen) atoms. The molecule has 2 aromatic carbocycles. The van der Waals surface area contributed by atoms with Gasteiger partial charge in [-0.1, -0.05) is 29.4 Å². The average Bonchev–Trinajstić information content (AvgIpc) is 3.34. The molecule has 2 heterocycles. The summed E-state index contributed by atoms with van der Waals surface area (Å²) in [5, 5.41) is 7.20. The summed E-state index contributed by atoms with van der Waals surface area (Å²) >= 11 is 0. The molecule has 0 aliphatic carbocycles. The molecule has 1 saturated heterocycles. The van der Waals surface area contributed by atoms with Crippen molar-refractivity contribution in [2.24, 2.45) is 5.92 Å². The highest BCUT2D eigenvalue weighted by Gasteiger charge is 2.27. The Hall–Kier alpha value is -3.59. The van der Waals surface area contributed by atoms with Gasteiger partial charge in [-0.15, -0.1) is 0 Å². The SMILES string of the molecule is COc1ccc(CNC(=O)C2CCCN(Cc3nc(-c4ccccc4C)no3)C2)c(OC)c1OC. The fourth-order valence-corrected chi connectivity index (χ4v) is 4.49. The van der Waals surface area contributed by atoms with Crippen molar-refractivity contribution in [3.63, 3.8) is 0 Å². The van der Waals surface area contributed by atoms with Crippen LogP contribution in [0.3, 0.4) is 0 Å². The molecular weight excluding hydrogens is 448 g/mol. The van der Waals surface area contributed by atoms with Gasteiger partial charge in [0.15, 0.2) is 11.5 Å². The molecule has 3 aromatic rings. The maximum Gasteiger partial charge on any atom is 0.241 e. The maximum atomic E-state index is 13.0. The van der Waals surface area contributed by atoms with Gasteiger partial charge in [0.25, 0.3) is 0 Å². The number of nitrogens with zero attached hydrogens (tertiary/aromatic N) is 3. The second-order valence-electron chi connectivity index (χ2n) is 8.61. The number of piperidine rings is 1. The normalized spacial score (nSPS) is 16.1. The molecule has 0 bridgehead atoms. The van der Waals surface area contributed by atoms with Gasteiger partial charge in [-0.05, 0) is 44.0 Å². The molecule has 1 amide bonds. The van der Waals surface area contributed by atoms with Gasteiger partial charge in [0.1, 0.15) is 0 Å². The molecule has 0 radical (unpaired) electrons. The van der Waals surface area contributed by atoms with Crippen molar-refractivity contribution in [3.8, 4) is 28.6 Å². The van der Waals surface area contributed by atoms with E-state index in [1.54, 1.807) is 27.4 Å². The molecule has 1 aliphatic heterocycles. The van der Waals surface area contributed by atoms with Crippen LogP contribution in [0.25, 0.3) is 11.4 Å². The van der Waals surface area contributed by atoms with Crippen molar-refractivity contribution >= 4 is 5.91 Å². The number of aryl methyl sites for hydroxylation is 1. The number of nitrogens with one attached hydrogen (secondary N) is 1. The van der Waals surface area contributed by atoms with Gasteiger partial charge in [-0.2, -0.15) is 4.98 Å². The van der Waals surface area contributed by atoms with Crippen molar-refractivity contribution < 1.29 is 23.5 Å². The van der Waals surface area contributed by atoms with E-state index in [0.29, 0.717) is 48.6 Å². The Balaban J connectivity index is 1.36. The number of hydrogen-bond acceptors (Lipinski definition) is 8. The molecule has 1 fully saturated rings. The van der Waals surface area contributed by atoms with Gasteiger partial charge in [-0.3, -0.25) is 9.69 Å². The second kappa shape index (κ2) is 11.2. The highest BCUT2D eigenvalue weighted by atomic mass is 16.5. The summed E-state index contributed by atoms with van der Waals surface area (Å²) < 4.78 is 21.8. The minimum atomic E-state index is -0.117. The summed E-state index contributed by atoms with van der Waals surface area (Å²) in [6, 6.07) is 11.6. The fraction of sp³-hybridized carbons (Fsp3) is 0.423. The average molecular weight is 481 g/mol. The molecule has 1 atom stereocenters. The maximum absolute atomic E-state index is 13.0. The molecular formula is C26H32N4O5. The van der Waals surface area contributed by atoms with Crippen LogP contribution in [-0.4, -0.2) is 55.4 Å². The Bertz CT molecular complexity index is 1160. The van der Waals surface area contributed by atoms with Gasteiger partial charge in [0.2, 0.25) is 23.4 Å². The largest absolute Gasteiger partial charge is 0.493 e. The van der Waals surface area contributed by atoms with Crippen LogP contribution in [0.5, 0.6) is 17.2 Å². The van der Waals surface area contributed by atoms with Crippen LogP contribution in [-0.2, 0) is 17.9 Å². The van der Waals surface area contributed by atoms with Crippen LogP contribution in [0.2, 0.25) is 0 Å². The first-order valence-electron chi connectivity index (χ1n) is 11.7. The van der Waals surface area contributed by atoms with E-state index in [9.17, 15) is 4.79 Å². The van der Waals surface area contributed by atoms with Crippen LogP contribution in [0.15, 0.2) is 40.9 Å². The van der Waals surface area contributed by atoms with Gasteiger partial charge < -0.3 is 24.1 Å². The number of rotatable bonds is 9. The van der Waals surface area contributed by atoms with Gasteiger partial charge >= 0.3 is 0 Å². The Morgan fingerprint density at radius 2 is 1.91 bits per heavy atom. The van der Waals surface area contributed by atoms with E-state index in [0.717, 1.165) is 36.1 Å². The van der Waals surface area contributed by atoms with Crippen LogP contribution in [0, 0.1) is 12.8 Å². The lowest BCUT2D eigenvalue weighted by molar-refractivity contribution is -0.127. The van der Waals surface area contributed by atoms with E-state index < -0.39 is 0 Å². The molecule has 1 unspecified atom stereocenters. The summed E-state index contributed by atoms with van der Waals surface area (Å²) in [5.74, 6) is 2.68. The van der Waals surface area contributed by atoms with E-state index in [1.165, 1.54) is 0 Å². The van der Waals surface area contributed by atoms with E-state index >= 15 is 0 Å². The van der Waals surface area contributed by atoms with Gasteiger partial charge in [0, 0.05) is 24.2 Å². The molecule has 186 valence electrons. The molecule has 1 N–H and O–H groups in total. The van der Waals surface area contributed by atoms with Crippen LogP contribution in [0.1, 0.15) is 29.9 Å². The molecule has 4 rings (SSSR count). The quantitative estimate of drug-likeness (QED) is 0.496. The summed E-state index contributed by atoms with van der Waals surface area (Å²) in [5.41, 5.74) is 2.88. The van der Waals surface area contributed by atoms with Crippen molar-refractivity contribution in [2.45, 2.75) is 32.9 Å². The van der Waals surface area contributed by atoms with Crippen molar-refractivity contribution in [3.05, 3.63) is 53.4 Å². The van der Waals surface area contributed by atoms with E-state index in [4.69, 9.17) is 18.7 Å². The zero-order valence-electron chi connectivity index (χ0n) is 20.7. The summed E-state index contributed by atoms with van der Waals surface area (Å²) in [6.07, 6.45) is 1.76. The number of likely N-dealkylation sites (tertiary alicyclic amines) is 1. The third kappa shape index (κ3) is 5.57. The first-order chi connectivity index (χ1) is 17.0. The Labute approximate surface area is 205 Å². The van der Waals surface area contributed by atoms with Crippen LogP contribution >= 0.6 is 0 Å². The Morgan fingerprint density at radius 3 is 2.66 bits per heavy atom. The fourth-order valence-electron chi connectivity index (χ4n) is 4.49. The number of benzene rings is 2. The standard InChI is InChI=1S/C26H32N4O5/c1-17-8-5-6-10-20(17)25-28-22(35-29-25)16-30-13-7-9-19(15-30)26(31)27-14-18-11-12-21(32-2)24(34-4)23(18)33-3/h5-6,8,10-12,19H,7,9,13-16H2,1-4H3,(H,27,31). The van der Waals surface area contributed by atoms with E-state index in [2.05, 4.69) is 20.4 Å². The lowest BCUT2D eigenvalue weighted by Crippen LogP contribution is -2.42. The number of carbonyl (C=O) groups excluding carboxylic acids is 1. The zero-order valence-corrected chi connectivity index (χ0v) is 20.7. The lowest BCUT2D eigenvalue weighted by Gasteiger charge is -2.31. The molecule has 9 heteroatoms. The lowest BCUT2D eigenvalue weighted by atomic mass is 9.97. The highest BCUT2D eigenvalue weighted by molar-refractivity contribution is 5.79. The molecule has 1 aliphatic rings. The smallest absolute Gasteiger partial charge is 0.241 e. The summed E-state index contributed by atoms with van der Waals surface area (Å²) in [6.45, 7) is 4.40. The van der Waals surface area contributed by atoms with E-state index in [1.807, 2.05) is 37.3 Å². The summed E-state index contributed by atoms with van der Waals surface area (Å²) in [4.78, 5) is 19.8. The minimum Gasteiger partial charge on any atom is -0.493 e. The number of hydrogen-bond donors (Lipinski definition) is 1. The van der Waals surface area contributed by atoms with Gasteiger partial charge in [0.05, 0.1) is 33.8 Å². The minimum absolute atomic E-state index is 0.0117. The predicted molar refractivity (Wildman–Crippen MR) is 130 cm³/mol. The van der Waals surface area contributed by atoms with Crippen LogP contribution < -0.4 is 19.5 Å². The summed E-state index contributed by atoms with van der Waals surface area (Å²) in [7, 11) is 4.71. The zero-order chi connectivity index (χ0) is 24.8.